The summed E-state index contributed by atoms with van der Waals surface area (Å²) < 4.78 is 11.2. The number of hydrogen-bond acceptors (Lipinski definition) is 2. The van der Waals surface area contributed by atoms with E-state index in [2.05, 4.69) is 42.5 Å². The molecule has 2 nitrogen and oxygen atoms in total. The Morgan fingerprint density at radius 1 is 0.885 bits per heavy atom. The second-order valence-electron chi connectivity index (χ2n) is 9.16. The summed E-state index contributed by atoms with van der Waals surface area (Å²) in [6, 6.07) is 9.20. The van der Waals surface area contributed by atoms with Gasteiger partial charge in [0.05, 0.1) is 0 Å². The SMILES string of the molecule is COC1(OC)C=CC(c2ccccc2C23CC4CC(CC(C4)C2)C3)=CC1. The molecule has 0 aromatic heterocycles. The second-order valence-corrected chi connectivity index (χ2v) is 9.16. The summed E-state index contributed by atoms with van der Waals surface area (Å²) in [7, 11) is 3.44. The zero-order valence-corrected chi connectivity index (χ0v) is 16.0. The van der Waals surface area contributed by atoms with Gasteiger partial charge in [0.15, 0.2) is 5.79 Å². The van der Waals surface area contributed by atoms with Gasteiger partial charge in [0, 0.05) is 20.6 Å². The lowest BCUT2D eigenvalue weighted by molar-refractivity contribution is -0.167. The molecule has 0 aliphatic heterocycles. The lowest BCUT2D eigenvalue weighted by Gasteiger charge is -2.57. The molecule has 138 valence electrons. The predicted molar refractivity (Wildman–Crippen MR) is 105 cm³/mol. The summed E-state index contributed by atoms with van der Waals surface area (Å²) >= 11 is 0. The highest BCUT2D eigenvalue weighted by Crippen LogP contribution is 2.61. The van der Waals surface area contributed by atoms with Crippen molar-refractivity contribution in [1.29, 1.82) is 0 Å². The first-order chi connectivity index (χ1) is 12.7. The van der Waals surface area contributed by atoms with E-state index in [9.17, 15) is 0 Å². The Bertz CT molecular complexity index is 718. The van der Waals surface area contributed by atoms with Crippen LogP contribution in [0.5, 0.6) is 0 Å². The van der Waals surface area contributed by atoms with Gasteiger partial charge in [0.2, 0.25) is 0 Å². The second kappa shape index (κ2) is 6.07. The van der Waals surface area contributed by atoms with Crippen molar-refractivity contribution in [2.75, 3.05) is 14.2 Å². The Kier molecular flexibility index (Phi) is 3.92. The van der Waals surface area contributed by atoms with E-state index in [0.717, 1.165) is 24.2 Å². The predicted octanol–water partition coefficient (Wildman–Crippen LogP) is 5.49. The van der Waals surface area contributed by atoms with Gasteiger partial charge in [0.25, 0.3) is 0 Å². The number of ether oxygens (including phenoxy) is 2. The molecule has 0 saturated heterocycles. The zero-order chi connectivity index (χ0) is 17.8. The molecule has 5 aliphatic rings. The monoisotopic (exact) mass is 350 g/mol. The van der Waals surface area contributed by atoms with E-state index < -0.39 is 5.79 Å². The van der Waals surface area contributed by atoms with Gasteiger partial charge >= 0.3 is 0 Å². The summed E-state index contributed by atoms with van der Waals surface area (Å²) in [6.45, 7) is 0. The van der Waals surface area contributed by atoms with Crippen LogP contribution in [0.4, 0.5) is 0 Å². The Balaban J connectivity index is 1.52. The molecule has 2 heteroatoms. The largest absolute Gasteiger partial charge is 0.349 e. The lowest BCUT2D eigenvalue weighted by Crippen LogP contribution is -2.48. The van der Waals surface area contributed by atoms with Crippen LogP contribution in [0.25, 0.3) is 5.57 Å². The summed E-state index contributed by atoms with van der Waals surface area (Å²) in [4.78, 5) is 0. The number of hydrogen-bond donors (Lipinski definition) is 0. The fraction of sp³-hybridized carbons (Fsp3) is 0.583. The van der Waals surface area contributed by atoms with E-state index in [-0.39, 0.29) is 0 Å². The van der Waals surface area contributed by atoms with Crippen LogP contribution in [0.1, 0.15) is 56.1 Å². The summed E-state index contributed by atoms with van der Waals surface area (Å²) in [6.07, 6.45) is 16.1. The molecule has 0 heterocycles. The molecule has 5 aliphatic carbocycles. The lowest BCUT2D eigenvalue weighted by atomic mass is 9.47. The van der Waals surface area contributed by atoms with Crippen molar-refractivity contribution in [3.63, 3.8) is 0 Å². The quantitative estimate of drug-likeness (QED) is 0.669. The van der Waals surface area contributed by atoms with Crippen LogP contribution in [-0.4, -0.2) is 20.0 Å². The maximum Gasteiger partial charge on any atom is 0.190 e. The summed E-state index contributed by atoms with van der Waals surface area (Å²) in [5.74, 6) is 2.32. The fourth-order valence-corrected chi connectivity index (χ4v) is 6.83. The number of allylic oxidation sites excluding steroid dienone is 2. The van der Waals surface area contributed by atoms with E-state index in [0.29, 0.717) is 5.41 Å². The molecule has 4 fully saturated rings. The van der Waals surface area contributed by atoms with Crippen molar-refractivity contribution >= 4 is 5.57 Å². The maximum atomic E-state index is 5.59. The minimum absolute atomic E-state index is 0.428. The minimum Gasteiger partial charge on any atom is -0.349 e. The molecular formula is C24H30O2. The molecule has 0 unspecified atom stereocenters. The van der Waals surface area contributed by atoms with Gasteiger partial charge in [-0.05, 0) is 84.5 Å². The van der Waals surface area contributed by atoms with Crippen molar-refractivity contribution in [2.45, 2.75) is 56.1 Å². The molecule has 6 rings (SSSR count). The van der Waals surface area contributed by atoms with Crippen molar-refractivity contribution < 1.29 is 9.47 Å². The van der Waals surface area contributed by atoms with E-state index >= 15 is 0 Å². The van der Waals surface area contributed by atoms with Gasteiger partial charge in [-0.25, -0.2) is 0 Å². The third-order valence-electron chi connectivity index (χ3n) is 7.66. The Morgan fingerprint density at radius 2 is 1.50 bits per heavy atom. The Labute approximate surface area is 157 Å². The number of rotatable bonds is 4. The van der Waals surface area contributed by atoms with Gasteiger partial charge in [-0.3, -0.25) is 0 Å². The first-order valence-corrected chi connectivity index (χ1v) is 10.2. The van der Waals surface area contributed by atoms with E-state index in [1.54, 1.807) is 19.8 Å². The molecule has 0 atom stereocenters. The molecule has 0 spiro atoms. The molecule has 0 N–H and O–H groups in total. The molecule has 1 aromatic carbocycles. The van der Waals surface area contributed by atoms with Gasteiger partial charge < -0.3 is 9.47 Å². The topological polar surface area (TPSA) is 18.5 Å². The number of benzene rings is 1. The van der Waals surface area contributed by atoms with Crippen molar-refractivity contribution in [2.24, 2.45) is 17.8 Å². The molecular weight excluding hydrogens is 320 g/mol. The van der Waals surface area contributed by atoms with Crippen LogP contribution < -0.4 is 0 Å². The fourth-order valence-electron chi connectivity index (χ4n) is 6.83. The summed E-state index contributed by atoms with van der Waals surface area (Å²) in [5, 5.41) is 0. The van der Waals surface area contributed by atoms with Crippen LogP contribution in [0.15, 0.2) is 42.5 Å². The average molecular weight is 351 g/mol. The first-order valence-electron chi connectivity index (χ1n) is 10.2. The van der Waals surface area contributed by atoms with E-state index in [1.165, 1.54) is 49.7 Å². The van der Waals surface area contributed by atoms with Crippen LogP contribution >= 0.6 is 0 Å². The smallest absolute Gasteiger partial charge is 0.190 e. The van der Waals surface area contributed by atoms with Crippen LogP contribution in [-0.2, 0) is 14.9 Å². The third kappa shape index (κ3) is 2.53. The summed E-state index contributed by atoms with van der Waals surface area (Å²) in [5.41, 5.74) is 4.81. The van der Waals surface area contributed by atoms with Crippen LogP contribution in [0.2, 0.25) is 0 Å². The molecule has 4 bridgehead atoms. The standard InChI is InChI=1S/C24H30O2/c1-25-24(26-2)9-7-20(8-10-24)21-5-3-4-6-22(21)23-14-17-11-18(15-23)13-19(12-17)16-23/h3-9,17-19H,10-16H2,1-2H3. The third-order valence-corrected chi connectivity index (χ3v) is 7.66. The van der Waals surface area contributed by atoms with Gasteiger partial charge in [0.1, 0.15) is 0 Å². The average Bonchev–Trinajstić information content (AvgIpc) is 2.67. The molecule has 0 amide bonds. The van der Waals surface area contributed by atoms with Crippen molar-refractivity contribution in [3.05, 3.63) is 53.6 Å². The van der Waals surface area contributed by atoms with Gasteiger partial charge in [-0.1, -0.05) is 36.4 Å². The minimum atomic E-state index is -0.598. The van der Waals surface area contributed by atoms with E-state index in [4.69, 9.17) is 9.47 Å². The maximum absolute atomic E-state index is 5.59. The highest BCUT2D eigenvalue weighted by Gasteiger charge is 2.52. The van der Waals surface area contributed by atoms with Gasteiger partial charge in [-0.15, -0.1) is 0 Å². The van der Waals surface area contributed by atoms with Crippen LogP contribution in [0, 0.1) is 17.8 Å². The molecule has 26 heavy (non-hydrogen) atoms. The molecule has 4 saturated carbocycles. The van der Waals surface area contributed by atoms with Crippen molar-refractivity contribution in [3.8, 4) is 0 Å². The molecule has 1 aromatic rings. The molecule has 0 radical (unpaired) electrons. The number of methoxy groups -OCH3 is 2. The Hall–Kier alpha value is -1.38. The van der Waals surface area contributed by atoms with Crippen molar-refractivity contribution in [1.82, 2.24) is 0 Å². The normalized spacial score (nSPS) is 37.0. The van der Waals surface area contributed by atoms with E-state index in [1.807, 2.05) is 0 Å². The van der Waals surface area contributed by atoms with Gasteiger partial charge in [-0.2, -0.15) is 0 Å². The van der Waals surface area contributed by atoms with Crippen LogP contribution in [0.3, 0.4) is 0 Å². The Morgan fingerprint density at radius 3 is 2.04 bits per heavy atom. The zero-order valence-electron chi connectivity index (χ0n) is 16.0. The highest BCUT2D eigenvalue weighted by atomic mass is 16.7. The first kappa shape index (κ1) is 16.8. The highest BCUT2D eigenvalue weighted by molar-refractivity contribution is 5.78.